The van der Waals surface area contributed by atoms with Gasteiger partial charge in [-0.25, -0.2) is 8.42 Å². The van der Waals surface area contributed by atoms with E-state index in [2.05, 4.69) is 10.0 Å². The fourth-order valence-corrected chi connectivity index (χ4v) is 4.43. The molecular formula is C21H25ClN2O5S2. The Balaban J connectivity index is 1.88. The summed E-state index contributed by atoms with van der Waals surface area (Å²) in [5, 5.41) is 3.08. The molecule has 10 heteroatoms. The maximum Gasteiger partial charge on any atom is 0.324 e. The highest BCUT2D eigenvalue weighted by Gasteiger charge is 2.27. The third kappa shape index (κ3) is 8.90. The predicted octanol–water partition coefficient (Wildman–Crippen LogP) is 2.64. The molecule has 168 valence electrons. The van der Waals surface area contributed by atoms with Gasteiger partial charge in [0.1, 0.15) is 6.04 Å². The number of nitrogens with one attached hydrogen (secondary N) is 2. The lowest BCUT2D eigenvalue weighted by molar-refractivity contribution is -0.150. The normalized spacial score (nSPS) is 12.2. The summed E-state index contributed by atoms with van der Waals surface area (Å²) in [6, 6.07) is 14.1. The van der Waals surface area contributed by atoms with Gasteiger partial charge < -0.3 is 10.1 Å². The topological polar surface area (TPSA) is 102 Å². The van der Waals surface area contributed by atoms with E-state index in [1.807, 2.05) is 36.6 Å². The molecule has 0 radical (unpaired) electrons. The van der Waals surface area contributed by atoms with E-state index in [0.29, 0.717) is 23.7 Å². The summed E-state index contributed by atoms with van der Waals surface area (Å²) in [5.74, 6) is -0.718. The minimum atomic E-state index is -3.95. The van der Waals surface area contributed by atoms with Crippen LogP contribution in [0.5, 0.6) is 0 Å². The second kappa shape index (κ2) is 12.7. The van der Waals surface area contributed by atoms with Crippen LogP contribution in [0.15, 0.2) is 59.5 Å². The lowest BCUT2D eigenvalue weighted by Crippen LogP contribution is -2.43. The van der Waals surface area contributed by atoms with E-state index in [1.54, 1.807) is 0 Å². The largest absolute Gasteiger partial charge is 0.454 e. The van der Waals surface area contributed by atoms with Gasteiger partial charge in [0.2, 0.25) is 10.0 Å². The Kier molecular flexibility index (Phi) is 10.3. The molecule has 0 fully saturated rings. The first-order valence-corrected chi connectivity index (χ1v) is 12.8. The van der Waals surface area contributed by atoms with Crippen LogP contribution < -0.4 is 10.0 Å². The minimum Gasteiger partial charge on any atom is -0.454 e. The molecule has 0 aliphatic rings. The molecule has 1 amide bonds. The van der Waals surface area contributed by atoms with Gasteiger partial charge in [-0.2, -0.15) is 16.5 Å². The Bertz CT molecular complexity index is 953. The highest BCUT2D eigenvalue weighted by molar-refractivity contribution is 7.98. The van der Waals surface area contributed by atoms with Gasteiger partial charge in [0.05, 0.1) is 4.90 Å². The van der Waals surface area contributed by atoms with Crippen LogP contribution in [0.3, 0.4) is 0 Å². The van der Waals surface area contributed by atoms with E-state index in [0.717, 1.165) is 5.56 Å². The van der Waals surface area contributed by atoms with Crippen LogP contribution in [-0.4, -0.2) is 51.5 Å². The van der Waals surface area contributed by atoms with Crippen molar-refractivity contribution < 1.29 is 22.7 Å². The van der Waals surface area contributed by atoms with Crippen molar-refractivity contribution in [3.8, 4) is 0 Å². The van der Waals surface area contributed by atoms with E-state index in [1.165, 1.54) is 36.0 Å². The summed E-state index contributed by atoms with van der Waals surface area (Å²) in [6.07, 6.45) is 2.72. The summed E-state index contributed by atoms with van der Waals surface area (Å²) in [5.41, 5.74) is 1.08. The molecule has 2 N–H and O–H groups in total. The van der Waals surface area contributed by atoms with Crippen LogP contribution >= 0.6 is 23.4 Å². The van der Waals surface area contributed by atoms with Crippen LogP contribution in [0.25, 0.3) is 0 Å². The molecule has 0 aromatic heterocycles. The number of ether oxygens (including phenoxy) is 1. The molecule has 0 aliphatic heterocycles. The molecular weight excluding hydrogens is 460 g/mol. The Morgan fingerprint density at radius 2 is 1.77 bits per heavy atom. The first-order valence-electron chi connectivity index (χ1n) is 9.56. The number of rotatable bonds is 12. The number of hydrogen-bond acceptors (Lipinski definition) is 6. The first-order chi connectivity index (χ1) is 14.8. The standard InChI is InChI=1S/C21H25ClN2O5S2/c1-30-14-12-19(24-31(27,28)18-9-7-17(22)8-10-18)21(26)29-15-20(25)23-13-11-16-5-3-2-4-6-16/h2-10,19,24H,11-15H2,1H3,(H,23,25)/t19-/m0/s1. The molecule has 0 spiro atoms. The van der Waals surface area contributed by atoms with E-state index in [9.17, 15) is 18.0 Å². The Labute approximate surface area is 191 Å². The van der Waals surface area contributed by atoms with Gasteiger partial charge in [-0.15, -0.1) is 0 Å². The zero-order valence-corrected chi connectivity index (χ0v) is 19.4. The maximum atomic E-state index is 12.6. The van der Waals surface area contributed by atoms with Crippen LogP contribution in [0.2, 0.25) is 5.02 Å². The fraction of sp³-hybridized carbons (Fsp3) is 0.333. The van der Waals surface area contributed by atoms with Crippen molar-refractivity contribution in [2.45, 2.75) is 23.8 Å². The molecule has 0 unspecified atom stereocenters. The predicted molar refractivity (Wildman–Crippen MR) is 123 cm³/mol. The van der Waals surface area contributed by atoms with Crippen molar-refractivity contribution in [2.75, 3.05) is 25.2 Å². The molecule has 0 saturated carbocycles. The number of halogens is 1. The van der Waals surface area contributed by atoms with Gasteiger partial charge in [-0.1, -0.05) is 41.9 Å². The zero-order valence-electron chi connectivity index (χ0n) is 17.0. The molecule has 0 heterocycles. The first kappa shape index (κ1) is 25.2. The van der Waals surface area contributed by atoms with Crippen LogP contribution in [0.4, 0.5) is 0 Å². The van der Waals surface area contributed by atoms with Crippen LogP contribution in [0.1, 0.15) is 12.0 Å². The summed E-state index contributed by atoms with van der Waals surface area (Å²) >= 11 is 7.26. The van der Waals surface area contributed by atoms with Crippen molar-refractivity contribution in [3.05, 3.63) is 65.2 Å². The number of benzene rings is 2. The molecule has 2 aromatic rings. The maximum absolute atomic E-state index is 12.6. The Morgan fingerprint density at radius 3 is 2.42 bits per heavy atom. The summed E-state index contributed by atoms with van der Waals surface area (Å²) in [4.78, 5) is 24.4. The van der Waals surface area contributed by atoms with Crippen LogP contribution in [0, 0.1) is 0 Å². The molecule has 0 bridgehead atoms. The van der Waals surface area contributed by atoms with Gasteiger partial charge >= 0.3 is 5.97 Å². The molecule has 7 nitrogen and oxygen atoms in total. The van der Waals surface area contributed by atoms with Gasteiger partial charge in [0, 0.05) is 11.6 Å². The van der Waals surface area contributed by atoms with E-state index in [4.69, 9.17) is 16.3 Å². The SMILES string of the molecule is CSCC[C@H](NS(=O)(=O)c1ccc(Cl)cc1)C(=O)OCC(=O)NCCc1ccccc1. The van der Waals surface area contributed by atoms with Gasteiger partial charge in [-0.3, -0.25) is 9.59 Å². The molecule has 1 atom stereocenters. The minimum absolute atomic E-state index is 0.0162. The highest BCUT2D eigenvalue weighted by atomic mass is 35.5. The number of carbonyl (C=O) groups is 2. The van der Waals surface area contributed by atoms with Crippen LogP contribution in [-0.2, 0) is 30.8 Å². The third-order valence-corrected chi connectivity index (χ3v) is 6.62. The summed E-state index contributed by atoms with van der Waals surface area (Å²) < 4.78 is 32.6. The second-order valence-corrected chi connectivity index (χ2v) is 9.74. The summed E-state index contributed by atoms with van der Waals surface area (Å²) in [6.45, 7) is -0.0778. The average molecular weight is 485 g/mol. The molecule has 31 heavy (non-hydrogen) atoms. The number of esters is 1. The van der Waals surface area contributed by atoms with Crippen molar-refractivity contribution in [3.63, 3.8) is 0 Å². The molecule has 2 rings (SSSR count). The van der Waals surface area contributed by atoms with Crippen molar-refractivity contribution >= 4 is 45.3 Å². The lowest BCUT2D eigenvalue weighted by atomic mass is 10.1. The number of hydrogen-bond donors (Lipinski definition) is 2. The van der Waals surface area contributed by atoms with Crippen molar-refractivity contribution in [1.82, 2.24) is 10.0 Å². The quantitative estimate of drug-likeness (QED) is 0.449. The Morgan fingerprint density at radius 1 is 1.10 bits per heavy atom. The third-order valence-electron chi connectivity index (χ3n) is 4.24. The number of sulfonamides is 1. The smallest absolute Gasteiger partial charge is 0.324 e. The number of amides is 1. The van der Waals surface area contributed by atoms with Gasteiger partial charge in [-0.05, 0) is 54.7 Å². The molecule has 0 saturated heterocycles. The van der Waals surface area contributed by atoms with Crippen molar-refractivity contribution in [2.24, 2.45) is 0 Å². The van der Waals surface area contributed by atoms with Crippen molar-refractivity contribution in [1.29, 1.82) is 0 Å². The summed E-state index contributed by atoms with van der Waals surface area (Å²) in [7, 11) is -3.95. The monoisotopic (exact) mass is 484 g/mol. The zero-order chi connectivity index (χ0) is 22.7. The van der Waals surface area contributed by atoms with E-state index >= 15 is 0 Å². The highest BCUT2D eigenvalue weighted by Crippen LogP contribution is 2.15. The van der Waals surface area contributed by atoms with Gasteiger partial charge in [0.25, 0.3) is 5.91 Å². The lowest BCUT2D eigenvalue weighted by Gasteiger charge is -2.17. The van der Waals surface area contributed by atoms with Gasteiger partial charge in [0.15, 0.2) is 6.61 Å². The fourth-order valence-electron chi connectivity index (χ4n) is 2.61. The second-order valence-electron chi connectivity index (χ2n) is 6.60. The number of thioether (sulfide) groups is 1. The average Bonchev–Trinajstić information content (AvgIpc) is 2.76. The van der Waals surface area contributed by atoms with E-state index in [-0.39, 0.29) is 11.3 Å². The Hall–Kier alpha value is -2.07. The molecule has 2 aromatic carbocycles. The van der Waals surface area contributed by atoms with E-state index < -0.39 is 34.5 Å². The number of carbonyl (C=O) groups excluding carboxylic acids is 2. The molecule has 0 aliphatic carbocycles.